The largest absolute Gasteiger partial charge is 0.497 e. The van der Waals surface area contributed by atoms with Crippen LogP contribution in [0.15, 0.2) is 48.5 Å². The third kappa shape index (κ3) is 3.74. The number of hydrogen-bond acceptors (Lipinski definition) is 4. The van der Waals surface area contributed by atoms with Gasteiger partial charge in [-0.2, -0.15) is 0 Å². The fourth-order valence-corrected chi connectivity index (χ4v) is 2.84. The zero-order valence-electron chi connectivity index (χ0n) is 14.2. The maximum atomic E-state index is 12.3. The highest BCUT2D eigenvalue weighted by Crippen LogP contribution is 2.25. The average molecular weight is 340 g/mol. The summed E-state index contributed by atoms with van der Waals surface area (Å²) in [6.07, 6.45) is 0.277. The van der Waals surface area contributed by atoms with Gasteiger partial charge < -0.3 is 19.7 Å². The summed E-state index contributed by atoms with van der Waals surface area (Å²) in [7, 11) is 3.16. The van der Waals surface area contributed by atoms with Crippen LogP contribution in [0.2, 0.25) is 0 Å². The van der Waals surface area contributed by atoms with Gasteiger partial charge in [0.15, 0.2) is 0 Å². The zero-order chi connectivity index (χ0) is 17.8. The van der Waals surface area contributed by atoms with Crippen molar-refractivity contribution in [2.75, 3.05) is 25.7 Å². The molecule has 2 amide bonds. The molecule has 1 aliphatic rings. The van der Waals surface area contributed by atoms with E-state index in [9.17, 15) is 9.59 Å². The minimum absolute atomic E-state index is 0.0201. The van der Waals surface area contributed by atoms with Crippen LogP contribution in [0.3, 0.4) is 0 Å². The Balaban J connectivity index is 1.66. The molecule has 25 heavy (non-hydrogen) atoms. The predicted octanol–water partition coefficient (Wildman–Crippen LogP) is 2.24. The lowest BCUT2D eigenvalue weighted by atomic mass is 10.2. The van der Waals surface area contributed by atoms with Gasteiger partial charge in [-0.15, -0.1) is 0 Å². The molecule has 1 aliphatic heterocycles. The highest BCUT2D eigenvalue weighted by molar-refractivity contribution is 5.99. The van der Waals surface area contributed by atoms with Gasteiger partial charge in [-0.25, -0.2) is 0 Å². The molecule has 3 rings (SSSR count). The Morgan fingerprint density at radius 3 is 2.48 bits per heavy atom. The van der Waals surface area contributed by atoms with Gasteiger partial charge in [0.1, 0.15) is 11.5 Å². The standard InChI is InChI=1S/C19H20N2O4/c1-24-16-8-6-13(7-9-16)19(23)20-14-10-18(22)21(12-14)15-4-3-5-17(11-15)25-2/h3-9,11,14H,10,12H2,1-2H3,(H,20,23). The number of nitrogens with zero attached hydrogens (tertiary/aromatic N) is 1. The maximum absolute atomic E-state index is 12.3. The van der Waals surface area contributed by atoms with E-state index >= 15 is 0 Å². The Hall–Kier alpha value is -3.02. The van der Waals surface area contributed by atoms with Crippen molar-refractivity contribution in [1.82, 2.24) is 5.32 Å². The Kier molecular flexibility index (Phi) is 4.88. The van der Waals surface area contributed by atoms with E-state index in [4.69, 9.17) is 9.47 Å². The molecule has 1 atom stereocenters. The molecule has 1 fully saturated rings. The summed E-state index contributed by atoms with van der Waals surface area (Å²) in [4.78, 5) is 26.3. The second-order valence-electron chi connectivity index (χ2n) is 5.81. The average Bonchev–Trinajstić information content (AvgIpc) is 3.02. The van der Waals surface area contributed by atoms with Crippen LogP contribution in [-0.4, -0.2) is 38.6 Å². The number of carbonyl (C=O) groups is 2. The van der Waals surface area contributed by atoms with E-state index in [0.29, 0.717) is 23.6 Å². The number of carbonyl (C=O) groups excluding carboxylic acids is 2. The summed E-state index contributed by atoms with van der Waals surface area (Å²) >= 11 is 0. The van der Waals surface area contributed by atoms with Crippen LogP contribution in [0.25, 0.3) is 0 Å². The molecule has 0 radical (unpaired) electrons. The molecule has 2 aromatic rings. The molecule has 6 nitrogen and oxygen atoms in total. The number of nitrogens with one attached hydrogen (secondary N) is 1. The first kappa shape index (κ1) is 16.8. The first-order valence-electron chi connectivity index (χ1n) is 8.00. The summed E-state index contributed by atoms with van der Waals surface area (Å²) in [5, 5.41) is 2.92. The lowest BCUT2D eigenvalue weighted by Gasteiger charge is -2.18. The molecule has 1 N–H and O–H groups in total. The Bertz CT molecular complexity index is 773. The highest BCUT2D eigenvalue weighted by atomic mass is 16.5. The van der Waals surface area contributed by atoms with E-state index in [0.717, 1.165) is 5.69 Å². The van der Waals surface area contributed by atoms with Crippen molar-refractivity contribution >= 4 is 17.5 Å². The molecule has 0 saturated carbocycles. The highest BCUT2D eigenvalue weighted by Gasteiger charge is 2.31. The lowest BCUT2D eigenvalue weighted by Crippen LogP contribution is -2.37. The summed E-state index contributed by atoms with van der Waals surface area (Å²) < 4.78 is 10.3. The normalized spacial score (nSPS) is 16.6. The van der Waals surface area contributed by atoms with Crippen molar-refractivity contribution in [3.8, 4) is 11.5 Å². The molecule has 0 spiro atoms. The Labute approximate surface area is 146 Å². The minimum Gasteiger partial charge on any atom is -0.497 e. The van der Waals surface area contributed by atoms with Gasteiger partial charge in [0.05, 0.1) is 20.3 Å². The summed E-state index contributed by atoms with van der Waals surface area (Å²) in [5.41, 5.74) is 1.30. The number of anilines is 1. The van der Waals surface area contributed by atoms with E-state index in [2.05, 4.69) is 5.32 Å². The fourth-order valence-electron chi connectivity index (χ4n) is 2.84. The predicted molar refractivity (Wildman–Crippen MR) is 94.2 cm³/mol. The SMILES string of the molecule is COc1ccc(C(=O)NC2CC(=O)N(c3cccc(OC)c3)C2)cc1. The number of hydrogen-bond donors (Lipinski definition) is 1. The molecule has 1 saturated heterocycles. The molecule has 0 aromatic heterocycles. The van der Waals surface area contributed by atoms with Crippen LogP contribution in [0, 0.1) is 0 Å². The van der Waals surface area contributed by atoms with Gasteiger partial charge in [0.2, 0.25) is 5.91 Å². The van der Waals surface area contributed by atoms with Crippen LogP contribution >= 0.6 is 0 Å². The van der Waals surface area contributed by atoms with Crippen molar-refractivity contribution in [2.45, 2.75) is 12.5 Å². The fraction of sp³-hybridized carbons (Fsp3) is 0.263. The second-order valence-corrected chi connectivity index (χ2v) is 5.81. The molecular weight excluding hydrogens is 320 g/mol. The topological polar surface area (TPSA) is 67.9 Å². The van der Waals surface area contributed by atoms with E-state index in [1.165, 1.54) is 0 Å². The number of amides is 2. The van der Waals surface area contributed by atoms with E-state index in [1.807, 2.05) is 24.3 Å². The first-order valence-corrected chi connectivity index (χ1v) is 8.00. The Morgan fingerprint density at radius 2 is 1.80 bits per heavy atom. The molecular formula is C19H20N2O4. The molecule has 2 aromatic carbocycles. The molecule has 0 aliphatic carbocycles. The third-order valence-electron chi connectivity index (χ3n) is 4.18. The van der Waals surface area contributed by atoms with Crippen LogP contribution in [0.1, 0.15) is 16.8 Å². The van der Waals surface area contributed by atoms with Gasteiger partial charge in [-0.1, -0.05) is 6.07 Å². The molecule has 1 heterocycles. The second kappa shape index (κ2) is 7.25. The molecule has 6 heteroatoms. The zero-order valence-corrected chi connectivity index (χ0v) is 14.2. The van der Waals surface area contributed by atoms with Gasteiger partial charge in [0.25, 0.3) is 5.91 Å². The first-order chi connectivity index (χ1) is 12.1. The van der Waals surface area contributed by atoms with E-state index < -0.39 is 0 Å². The van der Waals surface area contributed by atoms with Crippen LogP contribution in [-0.2, 0) is 4.79 Å². The van der Waals surface area contributed by atoms with E-state index in [-0.39, 0.29) is 24.3 Å². The number of rotatable bonds is 5. The van der Waals surface area contributed by atoms with Gasteiger partial charge in [-0.05, 0) is 36.4 Å². The van der Waals surface area contributed by atoms with Crippen molar-refractivity contribution in [3.05, 3.63) is 54.1 Å². The summed E-state index contributed by atoms with van der Waals surface area (Å²) in [5.74, 6) is 1.16. The molecule has 130 valence electrons. The number of methoxy groups -OCH3 is 2. The smallest absolute Gasteiger partial charge is 0.251 e. The van der Waals surface area contributed by atoms with Crippen molar-refractivity contribution in [2.24, 2.45) is 0 Å². The van der Waals surface area contributed by atoms with Crippen LogP contribution < -0.4 is 19.7 Å². The van der Waals surface area contributed by atoms with E-state index in [1.54, 1.807) is 43.4 Å². The van der Waals surface area contributed by atoms with Crippen molar-refractivity contribution in [3.63, 3.8) is 0 Å². The van der Waals surface area contributed by atoms with Gasteiger partial charge in [-0.3, -0.25) is 9.59 Å². The Morgan fingerprint density at radius 1 is 1.08 bits per heavy atom. The summed E-state index contributed by atoms with van der Waals surface area (Å²) in [6.45, 7) is 0.438. The monoisotopic (exact) mass is 340 g/mol. The van der Waals surface area contributed by atoms with Crippen LogP contribution in [0.5, 0.6) is 11.5 Å². The molecule has 1 unspecified atom stereocenters. The maximum Gasteiger partial charge on any atom is 0.251 e. The summed E-state index contributed by atoms with van der Waals surface area (Å²) in [6, 6.07) is 14.0. The van der Waals surface area contributed by atoms with Gasteiger partial charge in [0, 0.05) is 30.3 Å². The lowest BCUT2D eigenvalue weighted by molar-refractivity contribution is -0.117. The van der Waals surface area contributed by atoms with Crippen LogP contribution in [0.4, 0.5) is 5.69 Å². The third-order valence-corrected chi connectivity index (χ3v) is 4.18. The number of benzene rings is 2. The minimum atomic E-state index is -0.228. The van der Waals surface area contributed by atoms with Gasteiger partial charge >= 0.3 is 0 Å². The van der Waals surface area contributed by atoms with Crippen molar-refractivity contribution in [1.29, 1.82) is 0 Å². The quantitative estimate of drug-likeness (QED) is 0.906. The van der Waals surface area contributed by atoms with Crippen molar-refractivity contribution < 1.29 is 19.1 Å². The number of ether oxygens (including phenoxy) is 2. The molecule has 0 bridgehead atoms.